The molecule has 0 radical (unpaired) electrons. The molecule has 1 atom stereocenters. The molecule has 2 N–H and O–H groups in total. The van der Waals surface area contributed by atoms with E-state index in [1.165, 1.54) is 0 Å². The lowest BCUT2D eigenvalue weighted by Crippen LogP contribution is -2.45. The van der Waals surface area contributed by atoms with Gasteiger partial charge in [0.25, 0.3) is 0 Å². The molecular formula is C20H24N2O3. The van der Waals surface area contributed by atoms with E-state index in [1.54, 1.807) is 12.1 Å². The van der Waals surface area contributed by atoms with Gasteiger partial charge in [-0.1, -0.05) is 48.5 Å². The Kier molecular flexibility index (Phi) is 6.04. The number of rotatable bonds is 6. The highest BCUT2D eigenvalue weighted by molar-refractivity contribution is 5.84. The third-order valence-corrected chi connectivity index (χ3v) is 4.48. The molecule has 5 nitrogen and oxygen atoms in total. The minimum absolute atomic E-state index is 0.124. The normalized spacial score (nSPS) is 15.8. The summed E-state index contributed by atoms with van der Waals surface area (Å²) in [5, 5.41) is 13.2. The van der Waals surface area contributed by atoms with Crippen LogP contribution in [0, 0.1) is 0 Å². The quantitative estimate of drug-likeness (QED) is 0.846. The van der Waals surface area contributed by atoms with E-state index in [-0.39, 0.29) is 17.6 Å². The SMILES string of the molecule is O=C([C@H](CNCc1ccccc1O)c1ccccc1)N1CCOCC1. The molecule has 0 aliphatic carbocycles. The summed E-state index contributed by atoms with van der Waals surface area (Å²) in [5.74, 6) is 0.148. The van der Waals surface area contributed by atoms with E-state index in [4.69, 9.17) is 4.74 Å². The average molecular weight is 340 g/mol. The van der Waals surface area contributed by atoms with Gasteiger partial charge in [-0.15, -0.1) is 0 Å². The van der Waals surface area contributed by atoms with E-state index in [0.717, 1.165) is 11.1 Å². The first-order valence-corrected chi connectivity index (χ1v) is 8.65. The van der Waals surface area contributed by atoms with Crippen molar-refractivity contribution in [3.63, 3.8) is 0 Å². The van der Waals surface area contributed by atoms with Crippen molar-refractivity contribution >= 4 is 5.91 Å². The molecule has 132 valence electrons. The van der Waals surface area contributed by atoms with Crippen molar-refractivity contribution in [1.29, 1.82) is 0 Å². The summed E-state index contributed by atoms with van der Waals surface area (Å²) >= 11 is 0. The Morgan fingerprint density at radius 2 is 1.76 bits per heavy atom. The summed E-state index contributed by atoms with van der Waals surface area (Å²) in [5.41, 5.74) is 1.83. The highest BCUT2D eigenvalue weighted by Crippen LogP contribution is 2.20. The highest BCUT2D eigenvalue weighted by atomic mass is 16.5. The summed E-state index contributed by atoms with van der Waals surface area (Å²) in [4.78, 5) is 14.9. The molecule has 1 aliphatic heterocycles. The van der Waals surface area contributed by atoms with Crippen LogP contribution in [0.25, 0.3) is 0 Å². The Morgan fingerprint density at radius 3 is 2.48 bits per heavy atom. The first-order chi connectivity index (χ1) is 12.3. The fourth-order valence-electron chi connectivity index (χ4n) is 3.05. The van der Waals surface area contributed by atoms with Crippen LogP contribution in [0.4, 0.5) is 0 Å². The van der Waals surface area contributed by atoms with Crippen LogP contribution < -0.4 is 5.32 Å². The molecule has 0 bridgehead atoms. The van der Waals surface area contributed by atoms with Crippen LogP contribution >= 0.6 is 0 Å². The van der Waals surface area contributed by atoms with Crippen LogP contribution in [0.2, 0.25) is 0 Å². The smallest absolute Gasteiger partial charge is 0.231 e. The number of nitrogens with one attached hydrogen (secondary N) is 1. The number of carbonyl (C=O) groups is 1. The monoisotopic (exact) mass is 340 g/mol. The minimum Gasteiger partial charge on any atom is -0.508 e. The zero-order valence-corrected chi connectivity index (χ0v) is 14.2. The molecule has 3 rings (SSSR count). The second kappa shape index (κ2) is 8.65. The van der Waals surface area contributed by atoms with Crippen molar-refractivity contribution in [3.05, 3.63) is 65.7 Å². The van der Waals surface area contributed by atoms with Crippen molar-refractivity contribution < 1.29 is 14.6 Å². The maximum atomic E-state index is 13.0. The summed E-state index contributed by atoms with van der Waals surface area (Å²) < 4.78 is 5.35. The molecule has 1 amide bonds. The van der Waals surface area contributed by atoms with Crippen LogP contribution in [0.1, 0.15) is 17.0 Å². The van der Waals surface area contributed by atoms with Gasteiger partial charge in [0, 0.05) is 31.7 Å². The molecular weight excluding hydrogens is 316 g/mol. The average Bonchev–Trinajstić information content (AvgIpc) is 2.67. The van der Waals surface area contributed by atoms with Gasteiger partial charge in [-0.25, -0.2) is 0 Å². The molecule has 0 spiro atoms. The highest BCUT2D eigenvalue weighted by Gasteiger charge is 2.26. The lowest BCUT2D eigenvalue weighted by Gasteiger charge is -2.30. The molecule has 1 heterocycles. The van der Waals surface area contributed by atoms with Crippen molar-refractivity contribution in [2.75, 3.05) is 32.8 Å². The largest absolute Gasteiger partial charge is 0.508 e. The van der Waals surface area contributed by atoms with Crippen LogP contribution in [-0.4, -0.2) is 48.8 Å². The number of phenolic OH excluding ortho intramolecular Hbond substituents is 1. The number of hydrogen-bond acceptors (Lipinski definition) is 4. The second-order valence-corrected chi connectivity index (χ2v) is 6.16. The lowest BCUT2D eigenvalue weighted by molar-refractivity contribution is -0.136. The zero-order valence-electron chi connectivity index (χ0n) is 14.2. The topological polar surface area (TPSA) is 61.8 Å². The standard InChI is InChI=1S/C20H24N2O3/c23-19-9-5-4-8-17(19)14-21-15-18(16-6-2-1-3-7-16)20(24)22-10-12-25-13-11-22/h1-9,18,21,23H,10-15H2/t18-/m1/s1. The number of phenols is 1. The number of carbonyl (C=O) groups excluding carboxylic acids is 1. The summed E-state index contributed by atoms with van der Waals surface area (Å²) in [7, 11) is 0. The van der Waals surface area contributed by atoms with Gasteiger partial charge in [0.1, 0.15) is 5.75 Å². The van der Waals surface area contributed by atoms with Gasteiger partial charge < -0.3 is 20.1 Å². The molecule has 1 saturated heterocycles. The lowest BCUT2D eigenvalue weighted by atomic mass is 9.97. The van der Waals surface area contributed by atoms with Crippen LogP contribution in [0.3, 0.4) is 0 Å². The Hall–Kier alpha value is -2.37. The number of hydrogen-bond donors (Lipinski definition) is 2. The van der Waals surface area contributed by atoms with Gasteiger partial charge in [-0.2, -0.15) is 0 Å². The van der Waals surface area contributed by atoms with Crippen LogP contribution in [0.15, 0.2) is 54.6 Å². The van der Waals surface area contributed by atoms with Crippen molar-refractivity contribution in [2.45, 2.75) is 12.5 Å². The van der Waals surface area contributed by atoms with E-state index >= 15 is 0 Å². The van der Waals surface area contributed by atoms with E-state index in [9.17, 15) is 9.90 Å². The van der Waals surface area contributed by atoms with E-state index in [1.807, 2.05) is 47.4 Å². The zero-order chi connectivity index (χ0) is 17.5. The minimum atomic E-state index is -0.245. The number of aromatic hydroxyl groups is 1. The maximum Gasteiger partial charge on any atom is 0.231 e. The third kappa shape index (κ3) is 4.59. The number of morpholine rings is 1. The second-order valence-electron chi connectivity index (χ2n) is 6.16. The number of para-hydroxylation sites is 1. The predicted molar refractivity (Wildman–Crippen MR) is 96.4 cm³/mol. The van der Waals surface area contributed by atoms with E-state index < -0.39 is 0 Å². The molecule has 5 heteroatoms. The molecule has 2 aromatic rings. The van der Waals surface area contributed by atoms with Gasteiger partial charge in [-0.05, 0) is 11.6 Å². The Labute approximate surface area is 148 Å². The predicted octanol–water partition coefficient (Wildman–Crippen LogP) is 2.12. The first-order valence-electron chi connectivity index (χ1n) is 8.65. The van der Waals surface area contributed by atoms with E-state index in [0.29, 0.717) is 39.4 Å². The van der Waals surface area contributed by atoms with Crippen molar-refractivity contribution in [3.8, 4) is 5.75 Å². The number of nitrogens with zero attached hydrogens (tertiary/aromatic N) is 1. The molecule has 25 heavy (non-hydrogen) atoms. The van der Waals surface area contributed by atoms with Crippen LogP contribution in [-0.2, 0) is 16.1 Å². The van der Waals surface area contributed by atoms with Crippen molar-refractivity contribution in [1.82, 2.24) is 10.2 Å². The molecule has 0 aromatic heterocycles. The van der Waals surface area contributed by atoms with Gasteiger partial charge in [0.05, 0.1) is 19.1 Å². The van der Waals surface area contributed by atoms with Gasteiger partial charge in [-0.3, -0.25) is 4.79 Å². The fourth-order valence-corrected chi connectivity index (χ4v) is 3.05. The molecule has 0 saturated carbocycles. The van der Waals surface area contributed by atoms with E-state index in [2.05, 4.69) is 5.32 Å². The van der Waals surface area contributed by atoms with Gasteiger partial charge in [0.2, 0.25) is 5.91 Å². The molecule has 2 aromatic carbocycles. The van der Waals surface area contributed by atoms with Crippen molar-refractivity contribution in [2.24, 2.45) is 0 Å². The number of amides is 1. The summed E-state index contributed by atoms with van der Waals surface area (Å²) in [6, 6.07) is 17.1. The Morgan fingerprint density at radius 1 is 1.08 bits per heavy atom. The molecule has 0 unspecified atom stereocenters. The Bertz CT molecular complexity index is 684. The summed E-state index contributed by atoms with van der Waals surface area (Å²) in [6.07, 6.45) is 0. The van der Waals surface area contributed by atoms with Crippen LogP contribution in [0.5, 0.6) is 5.75 Å². The number of ether oxygens (including phenoxy) is 1. The summed E-state index contributed by atoms with van der Waals surface area (Å²) in [6.45, 7) is 3.52. The van der Waals surface area contributed by atoms with Gasteiger partial charge in [0.15, 0.2) is 0 Å². The Balaban J connectivity index is 1.68. The fraction of sp³-hybridized carbons (Fsp3) is 0.350. The maximum absolute atomic E-state index is 13.0. The molecule has 1 fully saturated rings. The first kappa shape index (κ1) is 17.5. The third-order valence-electron chi connectivity index (χ3n) is 4.48. The number of benzene rings is 2. The van der Waals surface area contributed by atoms with Gasteiger partial charge >= 0.3 is 0 Å². The molecule has 1 aliphatic rings.